The summed E-state index contributed by atoms with van der Waals surface area (Å²) >= 11 is 0. The van der Waals surface area contributed by atoms with Crippen LogP contribution in [0.4, 0.5) is 0 Å². The zero-order valence-electron chi connectivity index (χ0n) is 6.03. The lowest BCUT2D eigenvalue weighted by atomic mass is 10.1. The van der Waals surface area contributed by atoms with Crippen molar-refractivity contribution in [2.75, 3.05) is 6.61 Å². The molecule has 3 heteroatoms. The van der Waals surface area contributed by atoms with Gasteiger partial charge in [-0.1, -0.05) is 18.2 Å². The van der Waals surface area contributed by atoms with Gasteiger partial charge in [-0.3, -0.25) is 5.26 Å². The average Bonchev–Trinajstić information content (AvgIpc) is 2.03. The average molecular weight is 154 g/mol. The van der Waals surface area contributed by atoms with E-state index in [0.29, 0.717) is 6.42 Å². The molecule has 1 aromatic carbocycles. The minimum Gasteiger partial charge on any atom is -0.508 e. The molecule has 0 amide bonds. The minimum atomic E-state index is 0.206. The van der Waals surface area contributed by atoms with Crippen LogP contribution in [0.2, 0.25) is 0 Å². The quantitative estimate of drug-likeness (QED) is 0.511. The molecular formula is C8H10O3. The van der Waals surface area contributed by atoms with Crippen molar-refractivity contribution in [3.8, 4) is 5.75 Å². The van der Waals surface area contributed by atoms with Crippen LogP contribution in [0.5, 0.6) is 5.75 Å². The largest absolute Gasteiger partial charge is 0.508 e. The van der Waals surface area contributed by atoms with Crippen LogP contribution >= 0.6 is 0 Å². The van der Waals surface area contributed by atoms with Gasteiger partial charge in [-0.15, -0.1) is 0 Å². The van der Waals surface area contributed by atoms with E-state index in [-0.39, 0.29) is 12.4 Å². The zero-order valence-corrected chi connectivity index (χ0v) is 6.03. The molecule has 0 aliphatic rings. The van der Waals surface area contributed by atoms with Crippen LogP contribution < -0.4 is 0 Å². The van der Waals surface area contributed by atoms with Crippen LogP contribution in [0.1, 0.15) is 5.56 Å². The van der Waals surface area contributed by atoms with Crippen molar-refractivity contribution in [1.29, 1.82) is 0 Å². The van der Waals surface area contributed by atoms with E-state index in [0.717, 1.165) is 5.56 Å². The molecule has 0 aromatic heterocycles. The summed E-state index contributed by atoms with van der Waals surface area (Å²) in [6.45, 7) is 0.206. The molecule has 1 rings (SSSR count). The molecule has 0 unspecified atom stereocenters. The number of aromatic hydroxyl groups is 1. The Bertz CT molecular complexity index is 222. The molecule has 1 aromatic rings. The Kier molecular flexibility index (Phi) is 2.89. The van der Waals surface area contributed by atoms with E-state index in [1.165, 1.54) is 0 Å². The van der Waals surface area contributed by atoms with E-state index in [4.69, 9.17) is 5.26 Å². The second-order valence-electron chi connectivity index (χ2n) is 2.21. The second-order valence-corrected chi connectivity index (χ2v) is 2.21. The summed E-state index contributed by atoms with van der Waals surface area (Å²) in [7, 11) is 0. The number of rotatable bonds is 3. The first-order chi connectivity index (χ1) is 5.34. The molecular weight excluding hydrogens is 144 g/mol. The monoisotopic (exact) mass is 154 g/mol. The lowest BCUT2D eigenvalue weighted by Crippen LogP contribution is -1.94. The first kappa shape index (κ1) is 8.04. The van der Waals surface area contributed by atoms with Crippen LogP contribution in [0.15, 0.2) is 24.3 Å². The van der Waals surface area contributed by atoms with Crippen molar-refractivity contribution in [3.63, 3.8) is 0 Å². The predicted octanol–water partition coefficient (Wildman–Crippen LogP) is 1.42. The third-order valence-electron chi connectivity index (χ3n) is 1.45. The van der Waals surface area contributed by atoms with Gasteiger partial charge >= 0.3 is 0 Å². The second kappa shape index (κ2) is 3.95. The smallest absolute Gasteiger partial charge is 0.118 e. The summed E-state index contributed by atoms with van der Waals surface area (Å²) < 4.78 is 0. The molecule has 60 valence electrons. The maximum absolute atomic E-state index is 9.20. The highest BCUT2D eigenvalue weighted by molar-refractivity contribution is 5.31. The van der Waals surface area contributed by atoms with Gasteiger partial charge < -0.3 is 5.11 Å². The molecule has 0 heterocycles. The third-order valence-corrected chi connectivity index (χ3v) is 1.45. The van der Waals surface area contributed by atoms with Crippen molar-refractivity contribution < 1.29 is 15.3 Å². The summed E-state index contributed by atoms with van der Waals surface area (Å²) in [5.41, 5.74) is 0.779. The van der Waals surface area contributed by atoms with Crippen LogP contribution in [-0.4, -0.2) is 17.0 Å². The van der Waals surface area contributed by atoms with E-state index in [1.807, 2.05) is 6.07 Å². The fourth-order valence-corrected chi connectivity index (χ4v) is 0.878. The number of hydrogen-bond donors (Lipinski definition) is 2. The van der Waals surface area contributed by atoms with Gasteiger partial charge in [-0.2, -0.15) is 0 Å². The maximum Gasteiger partial charge on any atom is 0.118 e. The SMILES string of the molecule is OOCCc1ccccc1O. The van der Waals surface area contributed by atoms with Crippen LogP contribution in [0, 0.1) is 0 Å². The van der Waals surface area contributed by atoms with Crippen LogP contribution in [0.25, 0.3) is 0 Å². The zero-order chi connectivity index (χ0) is 8.10. The minimum absolute atomic E-state index is 0.206. The highest BCUT2D eigenvalue weighted by Crippen LogP contribution is 2.15. The number of benzene rings is 1. The fourth-order valence-electron chi connectivity index (χ4n) is 0.878. The molecule has 0 bridgehead atoms. The lowest BCUT2D eigenvalue weighted by molar-refractivity contribution is -0.241. The van der Waals surface area contributed by atoms with Crippen molar-refractivity contribution in [3.05, 3.63) is 29.8 Å². The van der Waals surface area contributed by atoms with Crippen LogP contribution in [0.3, 0.4) is 0 Å². The Morgan fingerprint density at radius 2 is 2.00 bits per heavy atom. The van der Waals surface area contributed by atoms with Crippen molar-refractivity contribution in [1.82, 2.24) is 0 Å². The Morgan fingerprint density at radius 3 is 2.64 bits per heavy atom. The normalized spacial score (nSPS) is 9.91. The van der Waals surface area contributed by atoms with Crippen molar-refractivity contribution >= 4 is 0 Å². The predicted molar refractivity (Wildman–Crippen MR) is 40.4 cm³/mol. The van der Waals surface area contributed by atoms with E-state index in [2.05, 4.69) is 4.89 Å². The van der Waals surface area contributed by atoms with Gasteiger partial charge in [0.05, 0.1) is 6.61 Å². The molecule has 0 aliphatic carbocycles. The Balaban J connectivity index is 2.62. The molecule has 0 radical (unpaired) electrons. The molecule has 11 heavy (non-hydrogen) atoms. The lowest BCUT2D eigenvalue weighted by Gasteiger charge is -2.00. The summed E-state index contributed by atoms with van der Waals surface area (Å²) in [6, 6.07) is 6.96. The number of para-hydroxylation sites is 1. The van der Waals surface area contributed by atoms with Crippen molar-refractivity contribution in [2.45, 2.75) is 6.42 Å². The molecule has 0 saturated heterocycles. The van der Waals surface area contributed by atoms with Gasteiger partial charge in [0, 0.05) is 6.42 Å². The summed E-state index contributed by atoms with van der Waals surface area (Å²) in [6.07, 6.45) is 0.517. The molecule has 0 aliphatic heterocycles. The molecule has 0 saturated carbocycles. The highest BCUT2D eigenvalue weighted by atomic mass is 17.1. The number of phenols is 1. The van der Waals surface area contributed by atoms with E-state index < -0.39 is 0 Å². The Morgan fingerprint density at radius 1 is 1.27 bits per heavy atom. The van der Waals surface area contributed by atoms with Crippen molar-refractivity contribution in [2.24, 2.45) is 0 Å². The first-order valence-electron chi connectivity index (χ1n) is 3.38. The van der Waals surface area contributed by atoms with Gasteiger partial charge in [0.15, 0.2) is 0 Å². The molecule has 2 N–H and O–H groups in total. The van der Waals surface area contributed by atoms with Gasteiger partial charge in [-0.25, -0.2) is 4.89 Å². The van der Waals surface area contributed by atoms with E-state index >= 15 is 0 Å². The van der Waals surface area contributed by atoms with Crippen LogP contribution in [-0.2, 0) is 11.3 Å². The third kappa shape index (κ3) is 2.22. The van der Waals surface area contributed by atoms with Gasteiger partial charge in [0.1, 0.15) is 5.75 Å². The van der Waals surface area contributed by atoms with Gasteiger partial charge in [-0.05, 0) is 11.6 Å². The van der Waals surface area contributed by atoms with E-state index in [1.54, 1.807) is 18.2 Å². The molecule has 0 spiro atoms. The van der Waals surface area contributed by atoms with Gasteiger partial charge in [0.25, 0.3) is 0 Å². The van der Waals surface area contributed by atoms with E-state index in [9.17, 15) is 5.11 Å². The molecule has 0 atom stereocenters. The Hall–Kier alpha value is -1.06. The topological polar surface area (TPSA) is 49.7 Å². The summed E-state index contributed by atoms with van der Waals surface area (Å²) in [5, 5.41) is 17.2. The highest BCUT2D eigenvalue weighted by Gasteiger charge is 1.97. The molecule has 3 nitrogen and oxygen atoms in total. The maximum atomic E-state index is 9.20. The number of hydrogen-bond acceptors (Lipinski definition) is 3. The first-order valence-corrected chi connectivity index (χ1v) is 3.38. The standard InChI is InChI=1S/C8H10O3/c9-8-4-2-1-3-7(8)5-6-11-10/h1-4,9-10H,5-6H2. The fraction of sp³-hybridized carbons (Fsp3) is 0.250. The Labute approximate surface area is 64.8 Å². The van der Waals surface area contributed by atoms with Gasteiger partial charge in [0.2, 0.25) is 0 Å². The molecule has 0 fully saturated rings. The summed E-state index contributed by atoms with van der Waals surface area (Å²) in [4.78, 5) is 3.89. The number of phenolic OH excluding ortho intramolecular Hbond substituents is 1. The summed E-state index contributed by atoms with van der Waals surface area (Å²) in [5.74, 6) is 0.240.